The van der Waals surface area contributed by atoms with Gasteiger partial charge in [0, 0.05) is 195 Å². The summed E-state index contributed by atoms with van der Waals surface area (Å²) in [5.41, 5.74) is 9.98. The van der Waals surface area contributed by atoms with E-state index in [1.807, 2.05) is 97.9 Å². The molecule has 0 saturated carbocycles. The van der Waals surface area contributed by atoms with Gasteiger partial charge in [-0.05, 0) is 103 Å². The molecule has 0 fully saturated rings. The van der Waals surface area contributed by atoms with Crippen LogP contribution in [0.4, 0.5) is 53.5 Å². The van der Waals surface area contributed by atoms with Crippen LogP contribution in [-0.4, -0.2) is 57.0 Å². The van der Waals surface area contributed by atoms with Gasteiger partial charge in [0.25, 0.3) is 0 Å². The first-order valence-electron chi connectivity index (χ1n) is 27.9. The minimum Gasteiger partial charge on any atom is -0.512 e. The van der Waals surface area contributed by atoms with E-state index in [4.69, 9.17) is 9.84 Å². The van der Waals surface area contributed by atoms with Crippen LogP contribution in [0.3, 0.4) is 0 Å². The molecule has 0 amide bonds. The molecule has 5 heterocycles. The summed E-state index contributed by atoms with van der Waals surface area (Å²) >= 11 is 0. The van der Waals surface area contributed by atoms with E-state index < -0.39 is 23.3 Å². The van der Waals surface area contributed by atoms with Crippen LogP contribution in [0.25, 0.3) is 56.3 Å². The molecule has 0 unspecified atom stereocenters. The molecule has 12 rings (SSSR count). The summed E-state index contributed by atoms with van der Waals surface area (Å²) in [6.07, 6.45) is 9.41. The Kier molecular flexibility index (Phi) is 35.9. The Labute approximate surface area is 607 Å². The van der Waals surface area contributed by atoms with Crippen molar-refractivity contribution in [1.82, 2.24) is 24.9 Å². The number of para-hydroxylation sites is 2. The molecule has 0 bridgehead atoms. The van der Waals surface area contributed by atoms with Crippen LogP contribution in [0, 0.1) is 71.1 Å². The first kappa shape index (κ1) is 81.2. The summed E-state index contributed by atoms with van der Waals surface area (Å²) < 4.78 is 95.4. The topological polar surface area (TPSA) is 117 Å². The summed E-state index contributed by atoms with van der Waals surface area (Å²) in [7, 11) is 5.44. The average molecular weight is 2010 g/mol. The number of anilines is 4. The Morgan fingerprint density at radius 3 is 1.18 bits per heavy atom. The van der Waals surface area contributed by atoms with Crippen LogP contribution < -0.4 is 14.5 Å². The second-order valence-corrected chi connectivity index (χ2v) is 19.5. The smallest absolute Gasteiger partial charge is 0.155 e. The number of pyridine rings is 5. The van der Waals surface area contributed by atoms with Gasteiger partial charge in [0.15, 0.2) is 5.78 Å². The van der Waals surface area contributed by atoms with E-state index in [2.05, 4.69) is 84.4 Å². The number of rotatable bonds is 11. The Morgan fingerprint density at radius 1 is 0.406 bits per heavy atom. The number of allylic oxidation sites excluding steroid dienone is 2. The molecule has 4 radical (unpaired) electrons. The molecule has 0 aliphatic heterocycles. The number of aliphatic hydroxyl groups excluding tert-OH is 1. The van der Waals surface area contributed by atoms with Gasteiger partial charge in [-0.1, -0.05) is 96.1 Å². The number of benzene rings is 7. The zero-order valence-electron chi connectivity index (χ0n) is 51.5. The molecule has 12 aromatic rings. The van der Waals surface area contributed by atoms with Gasteiger partial charge in [-0.15, -0.1) is 114 Å². The Hall–Kier alpha value is -8.99. The van der Waals surface area contributed by atoms with Crippen molar-refractivity contribution >= 4 is 28.5 Å². The number of aromatic nitrogens is 5. The minimum atomic E-state index is -0.694. The number of methoxy groups -OCH3 is 1. The first-order chi connectivity index (χ1) is 44.4. The maximum atomic E-state index is 13.4. The van der Waals surface area contributed by atoms with Crippen molar-refractivity contribution in [1.29, 1.82) is 0 Å². The Balaban J connectivity index is 0.000000308. The van der Waals surface area contributed by atoms with Crippen LogP contribution in [0.15, 0.2) is 255 Å². The van der Waals surface area contributed by atoms with Crippen LogP contribution >= 0.6 is 0 Å². The minimum absolute atomic E-state index is 0. The van der Waals surface area contributed by atoms with E-state index in [1.165, 1.54) is 69.6 Å². The molecule has 0 aliphatic rings. The second kappa shape index (κ2) is 42.4. The third kappa shape index (κ3) is 26.3. The molecular weight excluding hydrogens is 1950 g/mol. The zero-order valence-corrected chi connectivity index (χ0v) is 61.1. The van der Waals surface area contributed by atoms with Gasteiger partial charge < -0.3 is 44.6 Å². The van der Waals surface area contributed by atoms with E-state index in [1.54, 1.807) is 73.3 Å². The molecule has 0 saturated heterocycles. The van der Waals surface area contributed by atoms with Crippen LogP contribution in [0.5, 0.6) is 5.75 Å². The molecule has 0 atom stereocenters. The second-order valence-electron chi connectivity index (χ2n) is 19.5. The van der Waals surface area contributed by atoms with Crippen molar-refractivity contribution in [2.75, 3.05) is 31.0 Å². The summed E-state index contributed by atoms with van der Waals surface area (Å²) in [5, 5.41) is 8.36. The average Bonchev–Trinajstić information content (AvgIpc) is 0.901. The number of aliphatic hydroxyl groups is 1. The summed E-state index contributed by atoms with van der Waals surface area (Å²) in [6, 6.07) is 72.7. The molecule has 21 heteroatoms. The van der Waals surface area contributed by atoms with Gasteiger partial charge >= 0.3 is 0 Å². The van der Waals surface area contributed by atoms with Crippen molar-refractivity contribution in [3.8, 4) is 62.0 Å². The van der Waals surface area contributed by atoms with Crippen molar-refractivity contribution in [3.63, 3.8) is 0 Å². The monoisotopic (exact) mass is 2010 g/mol. The number of ether oxygens (including phenoxy) is 1. The van der Waals surface area contributed by atoms with Gasteiger partial charge in [-0.25, -0.2) is 0 Å². The van der Waals surface area contributed by atoms with Crippen molar-refractivity contribution < 1.29 is 126 Å². The molecule has 96 heavy (non-hydrogen) atoms. The van der Waals surface area contributed by atoms with E-state index in [-0.39, 0.29) is 121 Å². The summed E-state index contributed by atoms with van der Waals surface area (Å²) in [5.74, 6) is -3.02. The predicted octanol–water partition coefficient (Wildman–Crippen LogP) is 18.3. The van der Waals surface area contributed by atoms with Gasteiger partial charge in [0.1, 0.15) is 5.75 Å². The number of hydrogen-bond acceptors (Lipinski definition) is 10. The molecule has 1 N–H and O–H groups in total. The summed E-state index contributed by atoms with van der Waals surface area (Å²) in [4.78, 5) is 34.9. The number of ketones is 1. The molecule has 0 aliphatic carbocycles. The van der Waals surface area contributed by atoms with Gasteiger partial charge in [-0.2, -0.15) is 0 Å². The molecule has 5 aromatic heterocycles. The van der Waals surface area contributed by atoms with E-state index in [9.17, 15) is 35.5 Å². The predicted molar refractivity (Wildman–Crippen MR) is 345 cm³/mol. The van der Waals surface area contributed by atoms with Gasteiger partial charge in [0.2, 0.25) is 0 Å². The SMILES string of the molecule is CC(=O)C=C(C)O.CN(C)c1ccnc(-c2[c-]cc(F)cc2)c1.COc1ccnc(-c2[c-]cc(F)cc2F)c1.Fc1c[c-]c(-c2cc(N(c3ccccc3)c3ccccc3)ccn2)cc1.Fc1c[c-]c(-c2ccccn2)c(F)c1.Fc1c[c-]c(-c2ccccn2)cc1.[Ir].[Ir].[Ir].[Ir]. The Morgan fingerprint density at radius 2 is 0.792 bits per heavy atom. The van der Waals surface area contributed by atoms with Crippen molar-refractivity contribution in [2.45, 2.75) is 13.8 Å². The number of halogens is 7. The zero-order chi connectivity index (χ0) is 65.8. The maximum Gasteiger partial charge on any atom is 0.155 e. The fourth-order valence-corrected chi connectivity index (χ4v) is 8.13. The maximum absolute atomic E-state index is 13.4. The summed E-state index contributed by atoms with van der Waals surface area (Å²) in [6.45, 7) is 2.85. The van der Waals surface area contributed by atoms with Gasteiger partial charge in [-0.3, -0.25) is 35.5 Å². The fourth-order valence-electron chi connectivity index (χ4n) is 8.13. The Bertz CT molecular complexity index is 4230. The van der Waals surface area contributed by atoms with E-state index in [0.717, 1.165) is 80.8 Å². The molecule has 0 spiro atoms. The van der Waals surface area contributed by atoms with Gasteiger partial charge in [0.05, 0.1) is 12.9 Å². The van der Waals surface area contributed by atoms with Crippen LogP contribution in [0.1, 0.15) is 13.8 Å². The molecule has 10 nitrogen and oxygen atoms in total. The molecular formula is C75H57F7Ir4N7O3-5. The largest absolute Gasteiger partial charge is 0.512 e. The quantitative estimate of drug-likeness (QED) is 0.0581. The van der Waals surface area contributed by atoms with Crippen molar-refractivity contribution in [2.24, 2.45) is 0 Å². The fraction of sp³-hybridized carbons (Fsp3) is 0.0667. The molecule has 7 aromatic carbocycles. The normalized spacial score (nSPS) is 9.90. The van der Waals surface area contributed by atoms with Crippen molar-refractivity contribution in [3.05, 3.63) is 326 Å². The number of nitrogens with zero attached hydrogens (tertiary/aromatic N) is 7. The van der Waals surface area contributed by atoms with E-state index >= 15 is 0 Å². The third-order valence-corrected chi connectivity index (χ3v) is 12.4. The standard InChI is InChI=1S/C23H16FN2.C13H12FN2.C12H8F2NO.C11H6F2N.C11H7FN.C5H8O2.4Ir/c24-19-13-11-18(12-14-19)23-17-22(15-16-25-23)26(20-7-3-1-4-8-20)21-9-5-2-6-10-21;1-16(2)12-7-8-15-13(9-12)10-3-5-11(14)6-4-10;1-16-9-4-5-15-12(7-9)10-3-2-8(13)6-11(10)14;12-8-4-5-9(10(13)7-8)11-3-1-2-6-14-11;12-10-6-4-9(5-7-10)11-3-1-2-8-13-11;1-4(6)3-5(2)7;;;;/h1-11,13-17H;3,5-9H,1-2H3;2,4-7H,1H3;1-4,6-7H;1-4,6-8H;3,6H,1-2H3;;;;/q5*-1;;;;;. The third-order valence-electron chi connectivity index (χ3n) is 12.4. The molecule has 500 valence electrons. The van der Waals surface area contributed by atoms with E-state index in [0.29, 0.717) is 17.1 Å². The first-order valence-corrected chi connectivity index (χ1v) is 27.9. The van der Waals surface area contributed by atoms with Crippen LogP contribution in [0.2, 0.25) is 0 Å². The number of hydrogen-bond donors (Lipinski definition) is 1. The number of carbonyl (C=O) groups is 1. The van der Waals surface area contributed by atoms with Crippen LogP contribution in [-0.2, 0) is 85.2 Å². The number of carbonyl (C=O) groups excluding carboxylic acids is 1.